The van der Waals surface area contributed by atoms with Crippen LogP contribution < -0.4 is 0 Å². The van der Waals surface area contributed by atoms with E-state index in [-0.39, 0.29) is 21.8 Å². The fraction of sp³-hybridized carbons (Fsp3) is 0. The highest BCUT2D eigenvalue weighted by atomic mass is 35.5. The van der Waals surface area contributed by atoms with Crippen molar-refractivity contribution in [3.8, 4) is 11.3 Å². The Morgan fingerprint density at radius 2 is 1.76 bits per heavy atom. The molecule has 0 saturated carbocycles. The molecule has 0 radical (unpaired) electrons. The van der Waals surface area contributed by atoms with Crippen LogP contribution in [0.1, 0.15) is 0 Å². The zero-order chi connectivity index (χ0) is 12.4. The molecule has 0 unspecified atom stereocenters. The van der Waals surface area contributed by atoms with E-state index in [4.69, 9.17) is 23.2 Å². The first-order chi connectivity index (χ1) is 8.09. The van der Waals surface area contributed by atoms with E-state index in [0.29, 0.717) is 5.56 Å². The first kappa shape index (κ1) is 11.8. The van der Waals surface area contributed by atoms with Crippen molar-refractivity contribution in [2.24, 2.45) is 0 Å². The average molecular weight is 270 g/mol. The standard InChI is InChI=1S/C10H5Cl2N3O2/c11-9-8(15(16)17)7(13-10(12)14-9)6-4-2-1-3-5-6/h1-5H. The van der Waals surface area contributed by atoms with Gasteiger partial charge in [0.25, 0.3) is 0 Å². The molecule has 0 fully saturated rings. The molecule has 5 nitrogen and oxygen atoms in total. The van der Waals surface area contributed by atoms with E-state index in [1.807, 2.05) is 0 Å². The van der Waals surface area contributed by atoms with Gasteiger partial charge in [0.1, 0.15) is 0 Å². The minimum absolute atomic E-state index is 0.112. The molecule has 0 aliphatic carbocycles. The lowest BCUT2D eigenvalue weighted by molar-refractivity contribution is -0.384. The van der Waals surface area contributed by atoms with Gasteiger partial charge in [0.2, 0.25) is 10.4 Å². The van der Waals surface area contributed by atoms with E-state index in [1.54, 1.807) is 30.3 Å². The molecule has 2 rings (SSSR count). The Morgan fingerprint density at radius 1 is 1.12 bits per heavy atom. The highest BCUT2D eigenvalue weighted by molar-refractivity contribution is 6.33. The third kappa shape index (κ3) is 2.35. The van der Waals surface area contributed by atoms with E-state index < -0.39 is 4.92 Å². The molecule has 2 aromatic rings. The predicted molar refractivity (Wildman–Crippen MR) is 64.1 cm³/mol. The Bertz CT molecular complexity index is 575. The summed E-state index contributed by atoms with van der Waals surface area (Å²) in [7, 11) is 0. The summed E-state index contributed by atoms with van der Waals surface area (Å²) in [4.78, 5) is 17.7. The number of hydrogen-bond donors (Lipinski definition) is 0. The predicted octanol–water partition coefficient (Wildman–Crippen LogP) is 3.36. The Morgan fingerprint density at radius 3 is 2.35 bits per heavy atom. The number of rotatable bonds is 2. The molecule has 0 spiro atoms. The van der Waals surface area contributed by atoms with Crippen molar-refractivity contribution >= 4 is 28.9 Å². The van der Waals surface area contributed by atoms with Crippen LogP contribution in [0.5, 0.6) is 0 Å². The van der Waals surface area contributed by atoms with Gasteiger partial charge < -0.3 is 0 Å². The third-order valence-corrected chi connectivity index (χ3v) is 2.48. The summed E-state index contributed by atoms with van der Waals surface area (Å²) in [6, 6.07) is 8.63. The van der Waals surface area contributed by atoms with Gasteiger partial charge in [0.05, 0.1) is 4.92 Å². The number of hydrogen-bond acceptors (Lipinski definition) is 4. The summed E-state index contributed by atoms with van der Waals surface area (Å²) in [5, 5.41) is 10.5. The van der Waals surface area contributed by atoms with Crippen molar-refractivity contribution in [3.63, 3.8) is 0 Å². The number of nitro groups is 1. The first-order valence-corrected chi connectivity index (χ1v) is 5.28. The van der Waals surface area contributed by atoms with Crippen LogP contribution in [0.15, 0.2) is 30.3 Å². The molecule has 1 heterocycles. The molecule has 1 aromatic carbocycles. The molecule has 0 amide bonds. The van der Waals surface area contributed by atoms with Crippen molar-refractivity contribution < 1.29 is 4.92 Å². The van der Waals surface area contributed by atoms with Crippen LogP contribution in [0.25, 0.3) is 11.3 Å². The molecule has 0 bridgehead atoms. The Balaban J connectivity index is 2.72. The quantitative estimate of drug-likeness (QED) is 0.363. The van der Waals surface area contributed by atoms with Gasteiger partial charge in [0.15, 0.2) is 5.69 Å². The van der Waals surface area contributed by atoms with Crippen molar-refractivity contribution in [1.82, 2.24) is 9.97 Å². The second-order valence-electron chi connectivity index (χ2n) is 3.10. The largest absolute Gasteiger partial charge is 0.332 e. The van der Waals surface area contributed by atoms with E-state index in [9.17, 15) is 10.1 Å². The topological polar surface area (TPSA) is 68.9 Å². The SMILES string of the molecule is O=[N+]([O-])c1c(Cl)nc(Cl)nc1-c1ccccc1. The summed E-state index contributed by atoms with van der Waals surface area (Å²) < 4.78 is 0. The average Bonchev–Trinajstić information content (AvgIpc) is 2.28. The number of nitrogens with zero attached hydrogens (tertiary/aromatic N) is 3. The van der Waals surface area contributed by atoms with Crippen molar-refractivity contribution in [2.45, 2.75) is 0 Å². The summed E-state index contributed by atoms with van der Waals surface area (Å²) in [6.45, 7) is 0. The Kier molecular flexibility index (Phi) is 3.21. The second kappa shape index (κ2) is 4.65. The molecule has 0 N–H and O–H groups in total. The van der Waals surface area contributed by atoms with Gasteiger partial charge in [-0.25, -0.2) is 4.98 Å². The molecule has 0 aliphatic rings. The van der Waals surface area contributed by atoms with Crippen molar-refractivity contribution in [2.75, 3.05) is 0 Å². The van der Waals surface area contributed by atoms with Crippen LogP contribution in [0.2, 0.25) is 10.4 Å². The first-order valence-electron chi connectivity index (χ1n) is 4.52. The lowest BCUT2D eigenvalue weighted by Crippen LogP contribution is -1.98. The van der Waals surface area contributed by atoms with Gasteiger partial charge in [-0.3, -0.25) is 10.1 Å². The minimum Gasteiger partial charge on any atom is -0.258 e. The number of benzene rings is 1. The summed E-state index contributed by atoms with van der Waals surface area (Å²) in [5.41, 5.74) is 0.327. The van der Waals surface area contributed by atoms with Gasteiger partial charge in [-0.15, -0.1) is 0 Å². The second-order valence-corrected chi connectivity index (χ2v) is 3.80. The van der Waals surface area contributed by atoms with Crippen LogP contribution in [-0.2, 0) is 0 Å². The minimum atomic E-state index is -0.624. The maximum atomic E-state index is 10.9. The molecule has 86 valence electrons. The lowest BCUT2D eigenvalue weighted by Gasteiger charge is -2.03. The van der Waals surface area contributed by atoms with Gasteiger partial charge >= 0.3 is 5.69 Å². The molecule has 17 heavy (non-hydrogen) atoms. The Hall–Kier alpha value is -1.72. The molecule has 7 heteroatoms. The molecule has 0 saturated heterocycles. The van der Waals surface area contributed by atoms with Crippen LogP contribution >= 0.6 is 23.2 Å². The van der Waals surface area contributed by atoms with Gasteiger partial charge in [-0.2, -0.15) is 4.98 Å². The fourth-order valence-corrected chi connectivity index (χ4v) is 1.81. The van der Waals surface area contributed by atoms with Crippen molar-refractivity contribution in [1.29, 1.82) is 0 Å². The van der Waals surface area contributed by atoms with Crippen LogP contribution in [-0.4, -0.2) is 14.9 Å². The summed E-state index contributed by atoms with van der Waals surface area (Å²) in [6.07, 6.45) is 0. The third-order valence-electron chi connectivity index (χ3n) is 2.04. The molecule has 1 aromatic heterocycles. The van der Waals surface area contributed by atoms with E-state index in [1.165, 1.54) is 0 Å². The smallest absolute Gasteiger partial charge is 0.258 e. The van der Waals surface area contributed by atoms with Crippen LogP contribution in [0.4, 0.5) is 5.69 Å². The highest BCUT2D eigenvalue weighted by Crippen LogP contribution is 2.33. The zero-order valence-corrected chi connectivity index (χ0v) is 9.81. The van der Waals surface area contributed by atoms with E-state index in [0.717, 1.165) is 0 Å². The van der Waals surface area contributed by atoms with E-state index in [2.05, 4.69) is 9.97 Å². The monoisotopic (exact) mass is 269 g/mol. The molecular weight excluding hydrogens is 265 g/mol. The number of halogens is 2. The van der Waals surface area contributed by atoms with Gasteiger partial charge in [-0.05, 0) is 11.6 Å². The lowest BCUT2D eigenvalue weighted by atomic mass is 10.1. The highest BCUT2D eigenvalue weighted by Gasteiger charge is 2.24. The van der Waals surface area contributed by atoms with Gasteiger partial charge in [0, 0.05) is 5.56 Å². The summed E-state index contributed by atoms with van der Waals surface area (Å²) in [5.74, 6) is 0. The van der Waals surface area contributed by atoms with Crippen LogP contribution in [0, 0.1) is 10.1 Å². The van der Waals surface area contributed by atoms with Crippen LogP contribution in [0.3, 0.4) is 0 Å². The maximum Gasteiger partial charge on any atom is 0.332 e. The van der Waals surface area contributed by atoms with Gasteiger partial charge in [-0.1, -0.05) is 41.9 Å². The van der Waals surface area contributed by atoms with Crippen molar-refractivity contribution in [3.05, 3.63) is 50.9 Å². The fourth-order valence-electron chi connectivity index (χ4n) is 1.36. The number of aromatic nitrogens is 2. The molecular formula is C10H5Cl2N3O2. The molecule has 0 atom stereocenters. The Labute approximate surface area is 106 Å². The maximum absolute atomic E-state index is 10.9. The molecule has 0 aliphatic heterocycles. The van der Waals surface area contributed by atoms with E-state index >= 15 is 0 Å². The normalized spacial score (nSPS) is 10.2. The zero-order valence-electron chi connectivity index (χ0n) is 8.30. The summed E-state index contributed by atoms with van der Waals surface area (Å²) >= 11 is 11.3.